The number of aliphatic hydroxyl groups is 1. The van der Waals surface area contributed by atoms with Crippen LogP contribution in [0.25, 0.3) is 11.2 Å². The lowest BCUT2D eigenvalue weighted by molar-refractivity contribution is 0.105. The van der Waals surface area contributed by atoms with E-state index in [1.165, 1.54) is 0 Å². The van der Waals surface area contributed by atoms with Crippen molar-refractivity contribution in [2.24, 2.45) is 0 Å². The maximum absolute atomic E-state index is 9.74. The van der Waals surface area contributed by atoms with E-state index in [0.29, 0.717) is 17.6 Å². The zero-order valence-corrected chi connectivity index (χ0v) is 10.5. The molecule has 0 spiro atoms. The molecule has 18 heavy (non-hydrogen) atoms. The van der Waals surface area contributed by atoms with Crippen LogP contribution in [0.3, 0.4) is 0 Å². The summed E-state index contributed by atoms with van der Waals surface area (Å²) < 4.78 is 1.95. The third-order valence-electron chi connectivity index (χ3n) is 3.41. The molecule has 0 unspecified atom stereocenters. The van der Waals surface area contributed by atoms with Crippen molar-refractivity contribution in [2.45, 2.75) is 37.8 Å². The molecule has 3 rings (SSSR count). The summed E-state index contributed by atoms with van der Waals surface area (Å²) in [5.74, 6) is 0.144. The second-order valence-corrected chi connectivity index (χ2v) is 5.03. The van der Waals surface area contributed by atoms with E-state index in [1.54, 1.807) is 6.33 Å². The van der Waals surface area contributed by atoms with Gasteiger partial charge in [0.1, 0.15) is 5.52 Å². The minimum Gasteiger partial charge on any atom is -0.393 e. The van der Waals surface area contributed by atoms with Crippen molar-refractivity contribution in [3.05, 3.63) is 11.5 Å². The Balaban J connectivity index is 2.06. The first-order valence-electron chi connectivity index (χ1n) is 5.99. The number of hydrogen-bond donors (Lipinski definition) is 2. The molecule has 1 aliphatic carbocycles. The van der Waals surface area contributed by atoms with E-state index >= 15 is 0 Å². The van der Waals surface area contributed by atoms with Crippen LogP contribution in [0.4, 0.5) is 5.95 Å². The first kappa shape index (κ1) is 11.7. The number of nitrogens with zero attached hydrogens (tertiary/aromatic N) is 4. The van der Waals surface area contributed by atoms with Crippen molar-refractivity contribution in [1.82, 2.24) is 19.5 Å². The molecule has 0 bridgehead atoms. The molecule has 0 aromatic carbocycles. The van der Waals surface area contributed by atoms with Crippen molar-refractivity contribution in [3.8, 4) is 0 Å². The minimum atomic E-state index is -0.254. The highest BCUT2D eigenvalue weighted by atomic mass is 35.5. The minimum absolute atomic E-state index is 0.144. The second kappa shape index (κ2) is 4.37. The summed E-state index contributed by atoms with van der Waals surface area (Å²) in [6, 6.07) is 0.198. The number of nitrogen functional groups attached to an aromatic ring is 1. The van der Waals surface area contributed by atoms with Crippen molar-refractivity contribution in [2.75, 3.05) is 5.73 Å². The molecule has 1 saturated carbocycles. The smallest absolute Gasteiger partial charge is 0.223 e. The molecule has 7 heteroatoms. The number of anilines is 1. The molecule has 0 saturated heterocycles. The SMILES string of the molecule is Nc1nc(Cl)c2ncn([C@H]3CCC[C@H](O)C3)c2n1. The largest absolute Gasteiger partial charge is 0.393 e. The summed E-state index contributed by atoms with van der Waals surface area (Å²) in [6.45, 7) is 0. The molecule has 1 fully saturated rings. The Morgan fingerprint density at radius 3 is 3.00 bits per heavy atom. The topological polar surface area (TPSA) is 89.8 Å². The van der Waals surface area contributed by atoms with Crippen LogP contribution >= 0.6 is 11.6 Å². The lowest BCUT2D eigenvalue weighted by atomic mass is 9.93. The predicted molar refractivity (Wildman–Crippen MR) is 68.3 cm³/mol. The van der Waals surface area contributed by atoms with Gasteiger partial charge >= 0.3 is 0 Å². The number of hydrogen-bond acceptors (Lipinski definition) is 5. The van der Waals surface area contributed by atoms with E-state index in [-0.39, 0.29) is 23.2 Å². The van der Waals surface area contributed by atoms with E-state index in [4.69, 9.17) is 17.3 Å². The third-order valence-corrected chi connectivity index (χ3v) is 3.67. The highest BCUT2D eigenvalue weighted by Crippen LogP contribution is 2.31. The van der Waals surface area contributed by atoms with Crippen LogP contribution in [0.2, 0.25) is 5.15 Å². The van der Waals surface area contributed by atoms with Gasteiger partial charge in [-0.15, -0.1) is 0 Å². The monoisotopic (exact) mass is 267 g/mol. The fourth-order valence-electron chi connectivity index (χ4n) is 2.56. The Morgan fingerprint density at radius 2 is 2.22 bits per heavy atom. The summed E-state index contributed by atoms with van der Waals surface area (Å²) in [4.78, 5) is 12.3. The van der Waals surface area contributed by atoms with Gasteiger partial charge in [-0.25, -0.2) is 4.98 Å². The number of nitrogens with two attached hydrogens (primary N) is 1. The average molecular weight is 268 g/mol. The van der Waals surface area contributed by atoms with Crippen molar-refractivity contribution in [3.63, 3.8) is 0 Å². The number of halogens is 1. The fraction of sp³-hybridized carbons (Fsp3) is 0.545. The summed E-state index contributed by atoms with van der Waals surface area (Å²) >= 11 is 5.99. The van der Waals surface area contributed by atoms with E-state index in [1.807, 2.05) is 4.57 Å². The second-order valence-electron chi connectivity index (χ2n) is 4.67. The molecule has 1 aliphatic rings. The molecule has 2 aromatic rings. The molecule has 3 N–H and O–H groups in total. The van der Waals surface area contributed by atoms with Crippen LogP contribution in [0.15, 0.2) is 6.33 Å². The maximum atomic E-state index is 9.74. The Hall–Kier alpha value is -1.40. The lowest BCUT2D eigenvalue weighted by Crippen LogP contribution is -2.22. The zero-order valence-electron chi connectivity index (χ0n) is 9.75. The van der Waals surface area contributed by atoms with Crippen molar-refractivity contribution < 1.29 is 5.11 Å². The lowest BCUT2D eigenvalue weighted by Gasteiger charge is -2.26. The fourth-order valence-corrected chi connectivity index (χ4v) is 2.78. The average Bonchev–Trinajstić information content (AvgIpc) is 2.72. The molecule has 0 radical (unpaired) electrons. The van der Waals surface area contributed by atoms with Gasteiger partial charge in [-0.2, -0.15) is 9.97 Å². The summed E-state index contributed by atoms with van der Waals surface area (Å²) in [6.07, 6.45) is 5.03. The first-order valence-corrected chi connectivity index (χ1v) is 6.36. The summed E-state index contributed by atoms with van der Waals surface area (Å²) in [5.41, 5.74) is 6.82. The molecular formula is C11H14ClN5O. The van der Waals surface area contributed by atoms with Gasteiger partial charge in [0.2, 0.25) is 5.95 Å². The highest BCUT2D eigenvalue weighted by molar-refractivity contribution is 6.33. The van der Waals surface area contributed by atoms with Crippen molar-refractivity contribution in [1.29, 1.82) is 0 Å². The number of aliphatic hydroxyl groups excluding tert-OH is 1. The van der Waals surface area contributed by atoms with Crippen LogP contribution in [0, 0.1) is 0 Å². The Kier molecular flexibility index (Phi) is 2.83. The highest BCUT2D eigenvalue weighted by Gasteiger charge is 2.24. The van der Waals surface area contributed by atoms with Gasteiger partial charge in [-0.3, -0.25) is 0 Å². The Morgan fingerprint density at radius 1 is 1.39 bits per heavy atom. The van der Waals surface area contributed by atoms with E-state index in [0.717, 1.165) is 19.3 Å². The zero-order chi connectivity index (χ0) is 12.7. The molecule has 0 aliphatic heterocycles. The van der Waals surface area contributed by atoms with Gasteiger partial charge in [0.25, 0.3) is 0 Å². The van der Waals surface area contributed by atoms with Crippen LogP contribution < -0.4 is 5.73 Å². The van der Waals surface area contributed by atoms with Gasteiger partial charge < -0.3 is 15.4 Å². The van der Waals surface area contributed by atoms with Crippen molar-refractivity contribution >= 4 is 28.7 Å². The summed E-state index contributed by atoms with van der Waals surface area (Å²) in [7, 11) is 0. The molecule has 6 nitrogen and oxygen atoms in total. The molecule has 0 amide bonds. The molecule has 2 atom stereocenters. The Labute approximate surface area is 109 Å². The number of aromatic nitrogens is 4. The maximum Gasteiger partial charge on any atom is 0.223 e. The summed E-state index contributed by atoms with van der Waals surface area (Å²) in [5, 5.41) is 10.0. The van der Waals surface area contributed by atoms with Gasteiger partial charge in [0, 0.05) is 6.04 Å². The number of imidazole rings is 1. The molecule has 2 aromatic heterocycles. The molecule has 2 heterocycles. The van der Waals surface area contributed by atoms with E-state index in [9.17, 15) is 5.11 Å². The predicted octanol–water partition coefficient (Wildman–Crippen LogP) is 1.54. The van der Waals surface area contributed by atoms with Crippen LogP contribution in [0.1, 0.15) is 31.7 Å². The quantitative estimate of drug-likeness (QED) is 0.765. The number of fused-ring (bicyclic) bond motifs is 1. The van der Waals surface area contributed by atoms with E-state index < -0.39 is 0 Å². The molecule has 96 valence electrons. The van der Waals surface area contributed by atoms with Gasteiger partial charge in [0.15, 0.2) is 10.8 Å². The normalized spacial score (nSPS) is 24.6. The van der Waals surface area contributed by atoms with Crippen LogP contribution in [-0.4, -0.2) is 30.7 Å². The van der Waals surface area contributed by atoms with Crippen LogP contribution in [-0.2, 0) is 0 Å². The number of rotatable bonds is 1. The van der Waals surface area contributed by atoms with Gasteiger partial charge in [-0.1, -0.05) is 11.6 Å². The standard InChI is InChI=1S/C11H14ClN5O/c12-9-8-10(16-11(13)15-9)17(5-14-8)6-2-1-3-7(18)4-6/h5-7,18H,1-4H2,(H2,13,15,16)/t6-,7-/m0/s1. The van der Waals surface area contributed by atoms with Gasteiger partial charge in [0.05, 0.1) is 12.4 Å². The first-order chi connectivity index (χ1) is 8.65. The van der Waals surface area contributed by atoms with Crippen LogP contribution in [0.5, 0.6) is 0 Å². The Bertz CT molecular complexity index is 584. The van der Waals surface area contributed by atoms with Gasteiger partial charge in [-0.05, 0) is 25.7 Å². The van der Waals surface area contributed by atoms with E-state index in [2.05, 4.69) is 15.0 Å². The molecular weight excluding hydrogens is 254 g/mol. The third kappa shape index (κ3) is 1.91.